The van der Waals surface area contributed by atoms with Crippen LogP contribution in [0.2, 0.25) is 0 Å². The average Bonchev–Trinajstić information content (AvgIpc) is 2.67. The highest BCUT2D eigenvalue weighted by molar-refractivity contribution is 7.80. The quantitative estimate of drug-likeness (QED) is 0.574. The number of nitrogens with zero attached hydrogens (tertiary/aromatic N) is 1. The van der Waals surface area contributed by atoms with E-state index in [-0.39, 0.29) is 11.1 Å². The third kappa shape index (κ3) is 6.20. The third-order valence-electron chi connectivity index (χ3n) is 6.14. The van der Waals surface area contributed by atoms with Gasteiger partial charge in [0.15, 0.2) is 5.11 Å². The number of piperidine rings is 1. The second kappa shape index (κ2) is 9.17. The average molecular weight is 440 g/mol. The zero-order valence-corrected chi connectivity index (χ0v) is 20.8. The molecule has 31 heavy (non-hydrogen) atoms. The van der Waals surface area contributed by atoms with E-state index in [4.69, 9.17) is 17.0 Å². The molecular weight excluding hydrogens is 402 g/mol. The molecule has 3 rings (SSSR count). The number of rotatable bonds is 5. The van der Waals surface area contributed by atoms with Gasteiger partial charge in [-0.05, 0) is 108 Å². The van der Waals surface area contributed by atoms with Crippen LogP contribution >= 0.6 is 12.2 Å². The number of benzene rings is 2. The third-order valence-corrected chi connectivity index (χ3v) is 6.48. The summed E-state index contributed by atoms with van der Waals surface area (Å²) in [5.74, 6) is 0.871. The van der Waals surface area contributed by atoms with Gasteiger partial charge in [0.25, 0.3) is 0 Å². The van der Waals surface area contributed by atoms with E-state index in [1.807, 2.05) is 12.1 Å². The first-order valence-electron chi connectivity index (χ1n) is 11.1. The first-order valence-corrected chi connectivity index (χ1v) is 11.5. The van der Waals surface area contributed by atoms with Crippen LogP contribution in [0.15, 0.2) is 42.5 Å². The van der Waals surface area contributed by atoms with Gasteiger partial charge in [-0.1, -0.05) is 18.2 Å². The number of aryl methyl sites for hydroxylation is 2. The predicted octanol–water partition coefficient (Wildman–Crippen LogP) is 5.82. The fourth-order valence-corrected chi connectivity index (χ4v) is 5.13. The highest BCUT2D eigenvalue weighted by Gasteiger charge is 2.40. The van der Waals surface area contributed by atoms with E-state index >= 15 is 0 Å². The zero-order valence-electron chi connectivity index (χ0n) is 20.0. The van der Waals surface area contributed by atoms with Gasteiger partial charge in [-0.3, -0.25) is 0 Å². The molecule has 0 radical (unpaired) electrons. The normalized spacial score (nSPS) is 17.8. The van der Waals surface area contributed by atoms with Gasteiger partial charge in [0.1, 0.15) is 5.75 Å². The molecule has 0 aliphatic carbocycles. The molecule has 0 saturated carbocycles. The molecule has 1 aliphatic heterocycles. The molecule has 0 atom stereocenters. The van der Waals surface area contributed by atoms with Crippen molar-refractivity contribution in [3.05, 3.63) is 59.2 Å². The first kappa shape index (κ1) is 23.6. The molecule has 1 aliphatic rings. The van der Waals surface area contributed by atoms with Crippen LogP contribution in [0.5, 0.6) is 5.75 Å². The van der Waals surface area contributed by atoms with Crippen LogP contribution in [-0.4, -0.2) is 34.2 Å². The van der Waals surface area contributed by atoms with Crippen molar-refractivity contribution in [2.45, 2.75) is 78.0 Å². The predicted molar refractivity (Wildman–Crippen MR) is 135 cm³/mol. The SMILES string of the molecule is COc1ccc(CN(C(=S)Nc2ccc(C)c(C)c2)C2CC(C)(C)NC(C)(C)C2)cc1. The summed E-state index contributed by atoms with van der Waals surface area (Å²) in [6.45, 7) is 14.2. The number of thiocarbonyl (C=S) groups is 1. The molecule has 1 fully saturated rings. The Morgan fingerprint density at radius 2 is 1.65 bits per heavy atom. The number of hydrogen-bond acceptors (Lipinski definition) is 3. The lowest BCUT2D eigenvalue weighted by Gasteiger charge is -2.50. The van der Waals surface area contributed by atoms with Crippen molar-refractivity contribution in [2.75, 3.05) is 12.4 Å². The van der Waals surface area contributed by atoms with E-state index in [0.717, 1.165) is 35.9 Å². The summed E-state index contributed by atoms with van der Waals surface area (Å²) < 4.78 is 5.33. The van der Waals surface area contributed by atoms with Crippen molar-refractivity contribution in [3.8, 4) is 5.75 Å². The summed E-state index contributed by atoms with van der Waals surface area (Å²) in [6, 6.07) is 15.0. The Morgan fingerprint density at radius 1 is 1.03 bits per heavy atom. The number of ether oxygens (including phenoxy) is 1. The van der Waals surface area contributed by atoms with Crippen molar-refractivity contribution in [3.63, 3.8) is 0 Å². The second-order valence-corrected chi connectivity index (χ2v) is 10.5. The van der Waals surface area contributed by atoms with Crippen molar-refractivity contribution >= 4 is 23.0 Å². The molecule has 1 saturated heterocycles. The maximum Gasteiger partial charge on any atom is 0.173 e. The van der Waals surface area contributed by atoms with E-state index in [2.05, 4.69) is 87.4 Å². The fourth-order valence-electron chi connectivity index (χ4n) is 4.80. The largest absolute Gasteiger partial charge is 0.497 e. The molecule has 0 aromatic heterocycles. The monoisotopic (exact) mass is 439 g/mol. The molecule has 0 spiro atoms. The fraction of sp³-hybridized carbons (Fsp3) is 0.500. The first-order chi connectivity index (χ1) is 14.5. The molecule has 0 bridgehead atoms. The summed E-state index contributed by atoms with van der Waals surface area (Å²) >= 11 is 5.98. The Kier molecular flexibility index (Phi) is 6.97. The van der Waals surface area contributed by atoms with E-state index in [9.17, 15) is 0 Å². The van der Waals surface area contributed by atoms with Crippen molar-refractivity contribution in [1.82, 2.24) is 10.2 Å². The van der Waals surface area contributed by atoms with Crippen molar-refractivity contribution in [1.29, 1.82) is 0 Å². The minimum Gasteiger partial charge on any atom is -0.497 e. The highest BCUT2D eigenvalue weighted by Crippen LogP contribution is 2.33. The van der Waals surface area contributed by atoms with E-state index < -0.39 is 0 Å². The van der Waals surface area contributed by atoms with Crippen LogP contribution in [-0.2, 0) is 6.54 Å². The van der Waals surface area contributed by atoms with Gasteiger partial charge in [0, 0.05) is 29.4 Å². The molecule has 2 aromatic rings. The summed E-state index contributed by atoms with van der Waals surface area (Å²) in [6.07, 6.45) is 2.06. The lowest BCUT2D eigenvalue weighted by Crippen LogP contribution is -2.63. The smallest absolute Gasteiger partial charge is 0.173 e. The standard InChI is InChI=1S/C26H37N3OS/c1-18-8-11-21(14-19(18)2)27-24(31)29(17-20-9-12-23(30-7)13-10-20)22-15-25(3,4)28-26(5,6)16-22/h8-14,22,28H,15-17H2,1-7H3,(H,27,31). The summed E-state index contributed by atoms with van der Waals surface area (Å²) in [4.78, 5) is 2.37. The molecule has 1 heterocycles. The van der Waals surface area contributed by atoms with Gasteiger partial charge < -0.3 is 20.3 Å². The van der Waals surface area contributed by atoms with Crippen molar-refractivity contribution < 1.29 is 4.74 Å². The van der Waals surface area contributed by atoms with Crippen molar-refractivity contribution in [2.24, 2.45) is 0 Å². The maximum atomic E-state index is 5.98. The Bertz CT molecular complexity index is 905. The summed E-state index contributed by atoms with van der Waals surface area (Å²) in [5, 5.41) is 8.08. The maximum absolute atomic E-state index is 5.98. The van der Waals surface area contributed by atoms with Crippen LogP contribution < -0.4 is 15.4 Å². The van der Waals surface area contributed by atoms with E-state index in [1.165, 1.54) is 16.7 Å². The number of hydrogen-bond donors (Lipinski definition) is 2. The number of nitrogens with one attached hydrogen (secondary N) is 2. The van der Waals surface area contributed by atoms with Crippen LogP contribution in [0, 0.1) is 13.8 Å². The van der Waals surface area contributed by atoms with Gasteiger partial charge in [-0.2, -0.15) is 0 Å². The van der Waals surface area contributed by atoms with Gasteiger partial charge in [-0.15, -0.1) is 0 Å². The van der Waals surface area contributed by atoms with Gasteiger partial charge in [-0.25, -0.2) is 0 Å². The van der Waals surface area contributed by atoms with E-state index in [1.54, 1.807) is 7.11 Å². The second-order valence-electron chi connectivity index (χ2n) is 10.2. The number of methoxy groups -OCH3 is 1. The number of anilines is 1. The molecular formula is C26H37N3OS. The molecule has 168 valence electrons. The highest BCUT2D eigenvalue weighted by atomic mass is 32.1. The molecule has 2 aromatic carbocycles. The van der Waals surface area contributed by atoms with Crippen LogP contribution in [0.3, 0.4) is 0 Å². The Labute approximate surface area is 193 Å². The minimum atomic E-state index is 0.0423. The summed E-state index contributed by atoms with van der Waals surface area (Å²) in [7, 11) is 1.70. The van der Waals surface area contributed by atoms with Crippen LogP contribution in [0.25, 0.3) is 0 Å². The Morgan fingerprint density at radius 3 is 2.19 bits per heavy atom. The molecule has 4 nitrogen and oxygen atoms in total. The lowest BCUT2D eigenvalue weighted by atomic mass is 9.79. The van der Waals surface area contributed by atoms with Crippen LogP contribution in [0.1, 0.15) is 57.2 Å². The van der Waals surface area contributed by atoms with Gasteiger partial charge in [0.2, 0.25) is 0 Å². The van der Waals surface area contributed by atoms with Gasteiger partial charge in [0.05, 0.1) is 7.11 Å². The Balaban J connectivity index is 1.88. The molecule has 2 N–H and O–H groups in total. The van der Waals surface area contributed by atoms with Gasteiger partial charge >= 0.3 is 0 Å². The lowest BCUT2D eigenvalue weighted by molar-refractivity contribution is 0.101. The molecule has 0 unspecified atom stereocenters. The topological polar surface area (TPSA) is 36.5 Å². The minimum absolute atomic E-state index is 0.0423. The van der Waals surface area contributed by atoms with Crippen LogP contribution in [0.4, 0.5) is 5.69 Å². The molecule has 5 heteroatoms. The summed E-state index contributed by atoms with van der Waals surface area (Å²) in [5.41, 5.74) is 4.90. The van der Waals surface area contributed by atoms with E-state index in [0.29, 0.717) is 6.04 Å². The zero-order chi connectivity index (χ0) is 22.8. The molecule has 0 amide bonds. The Hall–Kier alpha value is -2.11.